The molecular formula is C18H19N3O. The average molecular weight is 293 g/mol. The molecule has 112 valence electrons. The van der Waals surface area contributed by atoms with Gasteiger partial charge in [-0.15, -0.1) is 0 Å². The molecule has 1 spiro atoms. The summed E-state index contributed by atoms with van der Waals surface area (Å²) in [4.78, 5) is 9.05. The summed E-state index contributed by atoms with van der Waals surface area (Å²) in [6, 6.07) is 10.9. The van der Waals surface area contributed by atoms with Crippen molar-refractivity contribution in [1.29, 1.82) is 0 Å². The van der Waals surface area contributed by atoms with Gasteiger partial charge in [0.1, 0.15) is 11.6 Å². The summed E-state index contributed by atoms with van der Waals surface area (Å²) < 4.78 is 5.61. The standard InChI is InChI=1S/C18H19N3O/c1-11-14(7-4-8-20-11)15-6-3-5-13-9-18(10-16(13)15)12(2)22-17(19)21-18/h3-8,12H,9-10H2,1-2H3,(H2,19,21)/t12-,18-/m1/s1. The van der Waals surface area contributed by atoms with Crippen molar-refractivity contribution >= 4 is 6.02 Å². The van der Waals surface area contributed by atoms with Crippen molar-refractivity contribution in [1.82, 2.24) is 4.98 Å². The molecule has 1 aromatic carbocycles. The van der Waals surface area contributed by atoms with Gasteiger partial charge in [-0.25, -0.2) is 4.99 Å². The fourth-order valence-electron chi connectivity index (χ4n) is 3.72. The molecule has 0 fully saturated rings. The van der Waals surface area contributed by atoms with Crippen molar-refractivity contribution in [2.24, 2.45) is 10.7 Å². The number of hydrogen-bond donors (Lipinski definition) is 1. The highest BCUT2D eigenvalue weighted by Gasteiger charge is 2.48. The molecule has 0 unspecified atom stereocenters. The molecule has 2 aromatic rings. The third-order valence-corrected chi connectivity index (χ3v) is 4.94. The second-order valence-corrected chi connectivity index (χ2v) is 6.25. The third kappa shape index (κ3) is 1.83. The summed E-state index contributed by atoms with van der Waals surface area (Å²) in [5, 5.41) is 0. The van der Waals surface area contributed by atoms with Gasteiger partial charge >= 0.3 is 0 Å². The van der Waals surface area contributed by atoms with Gasteiger partial charge in [-0.3, -0.25) is 4.98 Å². The van der Waals surface area contributed by atoms with Crippen LogP contribution in [0.2, 0.25) is 0 Å². The van der Waals surface area contributed by atoms with E-state index in [1.165, 1.54) is 22.3 Å². The molecule has 1 aliphatic heterocycles. The monoisotopic (exact) mass is 293 g/mol. The molecule has 2 N–H and O–H groups in total. The SMILES string of the molecule is Cc1ncccc1-c1cccc2c1C[C@@]1(C2)N=C(N)O[C@@H]1C. The van der Waals surface area contributed by atoms with E-state index in [1.54, 1.807) is 0 Å². The van der Waals surface area contributed by atoms with Gasteiger partial charge < -0.3 is 10.5 Å². The number of amidine groups is 1. The number of benzene rings is 1. The molecule has 0 saturated heterocycles. The lowest BCUT2D eigenvalue weighted by atomic mass is 9.90. The first-order valence-electron chi connectivity index (χ1n) is 7.64. The Kier molecular flexibility index (Phi) is 2.76. The van der Waals surface area contributed by atoms with Crippen molar-refractivity contribution in [2.75, 3.05) is 0 Å². The van der Waals surface area contributed by atoms with E-state index >= 15 is 0 Å². The van der Waals surface area contributed by atoms with Crippen molar-refractivity contribution < 1.29 is 4.74 Å². The molecule has 22 heavy (non-hydrogen) atoms. The summed E-state index contributed by atoms with van der Waals surface area (Å²) in [5.41, 5.74) is 11.8. The van der Waals surface area contributed by atoms with Crippen LogP contribution in [0.25, 0.3) is 11.1 Å². The summed E-state index contributed by atoms with van der Waals surface area (Å²) >= 11 is 0. The Bertz CT molecular complexity index is 784. The van der Waals surface area contributed by atoms with Gasteiger partial charge in [0.05, 0.1) is 0 Å². The van der Waals surface area contributed by atoms with Crippen LogP contribution in [0.15, 0.2) is 41.5 Å². The molecule has 0 saturated carbocycles. The lowest BCUT2D eigenvalue weighted by molar-refractivity contribution is 0.157. The van der Waals surface area contributed by atoms with E-state index < -0.39 is 0 Å². The van der Waals surface area contributed by atoms with Gasteiger partial charge in [0, 0.05) is 30.3 Å². The van der Waals surface area contributed by atoms with Crippen LogP contribution in [0.4, 0.5) is 0 Å². The zero-order valence-corrected chi connectivity index (χ0v) is 12.8. The normalized spacial score (nSPS) is 25.9. The predicted molar refractivity (Wildman–Crippen MR) is 86.7 cm³/mol. The minimum atomic E-state index is -0.237. The maximum atomic E-state index is 5.81. The van der Waals surface area contributed by atoms with Gasteiger partial charge in [-0.2, -0.15) is 0 Å². The third-order valence-electron chi connectivity index (χ3n) is 4.94. The van der Waals surface area contributed by atoms with Gasteiger partial charge in [0.25, 0.3) is 6.02 Å². The average Bonchev–Trinajstić information content (AvgIpc) is 2.99. The Morgan fingerprint density at radius 2 is 2.00 bits per heavy atom. The number of nitrogens with zero attached hydrogens (tertiary/aromatic N) is 2. The Balaban J connectivity index is 1.83. The second kappa shape index (κ2) is 4.57. The van der Waals surface area contributed by atoms with Crippen LogP contribution in [-0.2, 0) is 17.6 Å². The molecule has 4 nitrogen and oxygen atoms in total. The van der Waals surface area contributed by atoms with Crippen LogP contribution in [0, 0.1) is 6.92 Å². The first kappa shape index (κ1) is 13.3. The highest BCUT2D eigenvalue weighted by Crippen LogP contribution is 2.43. The highest BCUT2D eigenvalue weighted by molar-refractivity contribution is 5.76. The van der Waals surface area contributed by atoms with E-state index in [-0.39, 0.29) is 11.6 Å². The number of nitrogens with two attached hydrogens (primary N) is 1. The van der Waals surface area contributed by atoms with E-state index in [0.717, 1.165) is 18.5 Å². The topological polar surface area (TPSA) is 60.5 Å². The van der Waals surface area contributed by atoms with Crippen LogP contribution in [0.1, 0.15) is 23.7 Å². The molecule has 0 amide bonds. The Morgan fingerprint density at radius 1 is 1.18 bits per heavy atom. The maximum absolute atomic E-state index is 5.81. The van der Waals surface area contributed by atoms with E-state index in [4.69, 9.17) is 10.5 Å². The van der Waals surface area contributed by atoms with Gasteiger partial charge in [0.15, 0.2) is 0 Å². The van der Waals surface area contributed by atoms with Crippen molar-refractivity contribution in [2.45, 2.75) is 38.3 Å². The lowest BCUT2D eigenvalue weighted by Gasteiger charge is -2.23. The fraction of sp³-hybridized carbons (Fsp3) is 0.333. The molecular weight excluding hydrogens is 274 g/mol. The molecule has 1 aliphatic carbocycles. The summed E-state index contributed by atoms with van der Waals surface area (Å²) in [7, 11) is 0. The summed E-state index contributed by atoms with van der Waals surface area (Å²) in [6.07, 6.45) is 3.61. The molecule has 2 heterocycles. The molecule has 2 aliphatic rings. The van der Waals surface area contributed by atoms with Crippen LogP contribution >= 0.6 is 0 Å². The second-order valence-electron chi connectivity index (χ2n) is 6.25. The highest BCUT2D eigenvalue weighted by atomic mass is 16.5. The zero-order valence-electron chi connectivity index (χ0n) is 12.8. The number of fused-ring (bicyclic) bond motifs is 1. The van der Waals surface area contributed by atoms with Crippen LogP contribution in [0.5, 0.6) is 0 Å². The van der Waals surface area contributed by atoms with E-state index in [9.17, 15) is 0 Å². The Hall–Kier alpha value is -2.36. The number of aromatic nitrogens is 1. The van der Waals surface area contributed by atoms with Crippen molar-refractivity contribution in [3.8, 4) is 11.1 Å². The number of aliphatic imine (C=N–C) groups is 1. The number of hydrogen-bond acceptors (Lipinski definition) is 4. The Morgan fingerprint density at radius 3 is 2.73 bits per heavy atom. The van der Waals surface area contributed by atoms with Gasteiger partial charge in [-0.05, 0) is 36.6 Å². The fourth-order valence-corrected chi connectivity index (χ4v) is 3.72. The Labute approximate surface area is 130 Å². The smallest absolute Gasteiger partial charge is 0.282 e. The van der Waals surface area contributed by atoms with Gasteiger partial charge in [-0.1, -0.05) is 24.3 Å². The predicted octanol–water partition coefficient (Wildman–Crippen LogP) is 2.63. The molecule has 0 radical (unpaired) electrons. The molecule has 4 rings (SSSR count). The first-order valence-corrected chi connectivity index (χ1v) is 7.64. The molecule has 2 atom stereocenters. The zero-order chi connectivity index (χ0) is 15.3. The van der Waals surface area contributed by atoms with Crippen LogP contribution < -0.4 is 5.73 Å². The minimum Gasteiger partial charge on any atom is -0.460 e. The molecule has 0 bridgehead atoms. The van der Waals surface area contributed by atoms with E-state index in [1.807, 2.05) is 12.3 Å². The first-order chi connectivity index (χ1) is 10.6. The molecule has 4 heteroatoms. The summed E-state index contributed by atoms with van der Waals surface area (Å²) in [6.45, 7) is 4.11. The van der Waals surface area contributed by atoms with E-state index in [2.05, 4.69) is 48.1 Å². The number of rotatable bonds is 1. The minimum absolute atomic E-state index is 0.0164. The quantitative estimate of drug-likeness (QED) is 0.879. The van der Waals surface area contributed by atoms with Gasteiger partial charge in [0.2, 0.25) is 0 Å². The number of aryl methyl sites for hydroxylation is 1. The van der Waals surface area contributed by atoms with Crippen LogP contribution in [-0.4, -0.2) is 22.6 Å². The molecule has 1 aromatic heterocycles. The maximum Gasteiger partial charge on any atom is 0.282 e. The van der Waals surface area contributed by atoms with E-state index in [0.29, 0.717) is 6.02 Å². The largest absolute Gasteiger partial charge is 0.460 e. The summed E-state index contributed by atoms with van der Waals surface area (Å²) in [5.74, 6) is 0. The van der Waals surface area contributed by atoms with Crippen molar-refractivity contribution in [3.63, 3.8) is 0 Å². The lowest BCUT2D eigenvalue weighted by Crippen LogP contribution is -2.36. The number of pyridine rings is 1. The van der Waals surface area contributed by atoms with Crippen LogP contribution in [0.3, 0.4) is 0 Å². The number of ether oxygens (including phenoxy) is 1. The van der Waals surface area contributed by atoms with Crippen molar-refractivity contribution in [3.05, 3.63) is 53.3 Å².